The minimum absolute atomic E-state index is 0.314. The molecule has 0 aromatic heterocycles. The summed E-state index contributed by atoms with van der Waals surface area (Å²) in [6, 6.07) is 5.42. The standard InChI is InChI=1S/C15H21FN2O2/c1-4-5-10-17-13(19)15(2,3)14(20)18-12-8-6-11(16)7-9-12/h6-9H,4-5,10H2,1-3H3,(H,17,19)(H,18,20). The predicted molar refractivity (Wildman–Crippen MR) is 76.7 cm³/mol. The summed E-state index contributed by atoms with van der Waals surface area (Å²) in [6.45, 7) is 5.71. The van der Waals surface area contributed by atoms with Gasteiger partial charge < -0.3 is 10.6 Å². The Morgan fingerprint density at radius 2 is 1.75 bits per heavy atom. The summed E-state index contributed by atoms with van der Waals surface area (Å²) in [6.07, 6.45) is 1.85. The van der Waals surface area contributed by atoms with Crippen LogP contribution in [0.15, 0.2) is 24.3 Å². The van der Waals surface area contributed by atoms with E-state index in [1.807, 2.05) is 6.92 Å². The predicted octanol–water partition coefficient (Wildman–Crippen LogP) is 2.71. The average Bonchev–Trinajstić information content (AvgIpc) is 2.41. The van der Waals surface area contributed by atoms with Gasteiger partial charge in [0.2, 0.25) is 11.8 Å². The number of halogens is 1. The highest BCUT2D eigenvalue weighted by Crippen LogP contribution is 2.19. The third-order valence-corrected chi connectivity index (χ3v) is 3.05. The van der Waals surface area contributed by atoms with Crippen LogP contribution in [0.25, 0.3) is 0 Å². The Morgan fingerprint density at radius 1 is 1.15 bits per heavy atom. The third-order valence-electron chi connectivity index (χ3n) is 3.05. The lowest BCUT2D eigenvalue weighted by molar-refractivity contribution is -0.138. The molecule has 0 unspecified atom stereocenters. The summed E-state index contributed by atoms with van der Waals surface area (Å²) in [5.74, 6) is -1.11. The molecule has 1 aromatic rings. The molecule has 0 bridgehead atoms. The first-order valence-electron chi connectivity index (χ1n) is 6.73. The lowest BCUT2D eigenvalue weighted by Crippen LogP contribution is -2.45. The maximum absolute atomic E-state index is 12.8. The van der Waals surface area contributed by atoms with Crippen molar-refractivity contribution in [2.45, 2.75) is 33.6 Å². The molecule has 110 valence electrons. The zero-order valence-corrected chi connectivity index (χ0v) is 12.1. The second kappa shape index (κ2) is 7.03. The number of hydrogen-bond donors (Lipinski definition) is 2. The molecule has 0 saturated heterocycles. The van der Waals surface area contributed by atoms with Crippen LogP contribution in [0.3, 0.4) is 0 Å². The van der Waals surface area contributed by atoms with Crippen molar-refractivity contribution in [1.82, 2.24) is 5.32 Å². The van der Waals surface area contributed by atoms with Crippen LogP contribution in [0, 0.1) is 11.2 Å². The zero-order valence-electron chi connectivity index (χ0n) is 12.1. The molecular formula is C15H21FN2O2. The van der Waals surface area contributed by atoms with Crippen molar-refractivity contribution in [2.75, 3.05) is 11.9 Å². The van der Waals surface area contributed by atoms with Gasteiger partial charge in [-0.25, -0.2) is 4.39 Å². The SMILES string of the molecule is CCCCNC(=O)C(C)(C)C(=O)Nc1ccc(F)cc1. The van der Waals surface area contributed by atoms with E-state index < -0.39 is 11.3 Å². The molecule has 20 heavy (non-hydrogen) atoms. The van der Waals surface area contributed by atoms with Gasteiger partial charge in [-0.05, 0) is 44.5 Å². The monoisotopic (exact) mass is 280 g/mol. The third kappa shape index (κ3) is 4.33. The molecule has 0 fully saturated rings. The molecule has 0 aliphatic heterocycles. The first kappa shape index (κ1) is 16.1. The number of amides is 2. The molecular weight excluding hydrogens is 259 g/mol. The van der Waals surface area contributed by atoms with Crippen LogP contribution in [-0.4, -0.2) is 18.4 Å². The number of hydrogen-bond acceptors (Lipinski definition) is 2. The topological polar surface area (TPSA) is 58.2 Å². The van der Waals surface area contributed by atoms with E-state index in [2.05, 4.69) is 10.6 Å². The van der Waals surface area contributed by atoms with Crippen molar-refractivity contribution in [2.24, 2.45) is 5.41 Å². The molecule has 1 rings (SSSR count). The van der Waals surface area contributed by atoms with E-state index in [1.165, 1.54) is 24.3 Å². The van der Waals surface area contributed by atoms with Gasteiger partial charge in [-0.15, -0.1) is 0 Å². The molecule has 0 saturated carbocycles. The highest BCUT2D eigenvalue weighted by Gasteiger charge is 2.35. The number of carbonyl (C=O) groups is 2. The van der Waals surface area contributed by atoms with Gasteiger partial charge >= 0.3 is 0 Å². The smallest absolute Gasteiger partial charge is 0.239 e. The van der Waals surface area contributed by atoms with Crippen LogP contribution in [0.2, 0.25) is 0 Å². The Bertz CT molecular complexity index is 469. The Morgan fingerprint density at radius 3 is 2.30 bits per heavy atom. The number of carbonyl (C=O) groups excluding carboxylic acids is 2. The minimum atomic E-state index is -1.18. The summed E-state index contributed by atoms with van der Waals surface area (Å²) < 4.78 is 12.8. The van der Waals surface area contributed by atoms with Gasteiger partial charge in [-0.3, -0.25) is 9.59 Å². The van der Waals surface area contributed by atoms with E-state index >= 15 is 0 Å². The molecule has 0 radical (unpaired) electrons. The Balaban J connectivity index is 2.64. The fourth-order valence-electron chi connectivity index (χ4n) is 1.52. The number of nitrogens with one attached hydrogen (secondary N) is 2. The summed E-state index contributed by atoms with van der Waals surface area (Å²) in [5.41, 5.74) is -0.715. The van der Waals surface area contributed by atoms with Crippen LogP contribution < -0.4 is 10.6 Å². The first-order valence-corrected chi connectivity index (χ1v) is 6.73. The molecule has 4 nitrogen and oxygen atoms in total. The van der Waals surface area contributed by atoms with Crippen molar-refractivity contribution in [3.63, 3.8) is 0 Å². The summed E-state index contributed by atoms with van der Waals surface area (Å²) >= 11 is 0. The minimum Gasteiger partial charge on any atom is -0.355 e. The molecule has 0 aliphatic rings. The fraction of sp³-hybridized carbons (Fsp3) is 0.467. The van der Waals surface area contributed by atoms with Gasteiger partial charge in [0.1, 0.15) is 11.2 Å². The zero-order chi connectivity index (χ0) is 15.2. The number of unbranched alkanes of at least 4 members (excludes halogenated alkanes) is 1. The van der Waals surface area contributed by atoms with E-state index in [0.29, 0.717) is 12.2 Å². The van der Waals surface area contributed by atoms with Gasteiger partial charge in [-0.2, -0.15) is 0 Å². The summed E-state index contributed by atoms with van der Waals surface area (Å²) in [7, 11) is 0. The number of anilines is 1. The summed E-state index contributed by atoms with van der Waals surface area (Å²) in [4.78, 5) is 24.1. The molecule has 1 aromatic carbocycles. The maximum atomic E-state index is 12.8. The van der Waals surface area contributed by atoms with Crippen molar-refractivity contribution in [1.29, 1.82) is 0 Å². The lowest BCUT2D eigenvalue weighted by atomic mass is 9.91. The lowest BCUT2D eigenvalue weighted by Gasteiger charge is -2.22. The highest BCUT2D eigenvalue weighted by atomic mass is 19.1. The maximum Gasteiger partial charge on any atom is 0.239 e. The van der Waals surface area contributed by atoms with Crippen LogP contribution in [0.1, 0.15) is 33.6 Å². The van der Waals surface area contributed by atoms with E-state index in [4.69, 9.17) is 0 Å². The number of benzene rings is 1. The molecule has 0 spiro atoms. The van der Waals surface area contributed by atoms with Crippen LogP contribution in [-0.2, 0) is 9.59 Å². The van der Waals surface area contributed by atoms with Crippen molar-refractivity contribution < 1.29 is 14.0 Å². The van der Waals surface area contributed by atoms with E-state index in [0.717, 1.165) is 12.8 Å². The Labute approximate surface area is 118 Å². The molecule has 0 atom stereocenters. The number of rotatable bonds is 6. The molecule has 2 amide bonds. The fourth-order valence-corrected chi connectivity index (χ4v) is 1.52. The van der Waals surface area contributed by atoms with Gasteiger partial charge in [-0.1, -0.05) is 13.3 Å². The second-order valence-electron chi connectivity index (χ2n) is 5.20. The van der Waals surface area contributed by atoms with E-state index in [9.17, 15) is 14.0 Å². The molecule has 0 heterocycles. The Hall–Kier alpha value is -1.91. The van der Waals surface area contributed by atoms with Crippen LogP contribution in [0.4, 0.5) is 10.1 Å². The quantitative estimate of drug-likeness (QED) is 0.622. The van der Waals surface area contributed by atoms with Crippen molar-refractivity contribution >= 4 is 17.5 Å². The highest BCUT2D eigenvalue weighted by molar-refractivity contribution is 6.09. The summed E-state index contributed by atoms with van der Waals surface area (Å²) in [5, 5.41) is 5.35. The molecule has 0 aliphatic carbocycles. The normalized spacial score (nSPS) is 11.0. The largest absolute Gasteiger partial charge is 0.355 e. The van der Waals surface area contributed by atoms with Crippen LogP contribution in [0.5, 0.6) is 0 Å². The van der Waals surface area contributed by atoms with Gasteiger partial charge in [0.25, 0.3) is 0 Å². The van der Waals surface area contributed by atoms with Crippen LogP contribution >= 0.6 is 0 Å². The van der Waals surface area contributed by atoms with Gasteiger partial charge in [0, 0.05) is 12.2 Å². The van der Waals surface area contributed by atoms with E-state index in [-0.39, 0.29) is 11.7 Å². The van der Waals surface area contributed by atoms with Gasteiger partial charge in [0.15, 0.2) is 0 Å². The van der Waals surface area contributed by atoms with Gasteiger partial charge in [0.05, 0.1) is 0 Å². The van der Waals surface area contributed by atoms with E-state index in [1.54, 1.807) is 13.8 Å². The molecule has 2 N–H and O–H groups in total. The first-order chi connectivity index (χ1) is 9.37. The molecule has 5 heteroatoms. The second-order valence-corrected chi connectivity index (χ2v) is 5.20. The average molecular weight is 280 g/mol. The van der Waals surface area contributed by atoms with Crippen molar-refractivity contribution in [3.8, 4) is 0 Å². The van der Waals surface area contributed by atoms with Crippen molar-refractivity contribution in [3.05, 3.63) is 30.1 Å². The Kier molecular flexibility index (Phi) is 5.67.